The molecule has 0 saturated carbocycles. The Bertz CT molecular complexity index is 1120. The highest BCUT2D eigenvalue weighted by Crippen LogP contribution is 2.48. The average molecular weight is 456 g/mol. The molecule has 8 nitrogen and oxygen atoms in total. The molecule has 2 aromatic carbocycles. The van der Waals surface area contributed by atoms with Crippen LogP contribution in [0.4, 0.5) is 5.88 Å². The van der Waals surface area contributed by atoms with Gasteiger partial charge in [0.2, 0.25) is 24.0 Å². The molecular formula is C23H25N2O6P. The first-order chi connectivity index (χ1) is 15.6. The van der Waals surface area contributed by atoms with Crippen molar-refractivity contribution in [1.82, 2.24) is 4.98 Å². The van der Waals surface area contributed by atoms with Crippen LogP contribution in [0.1, 0.15) is 30.9 Å². The number of benzene rings is 2. The minimum Gasteiger partial charge on any atom is -0.454 e. The zero-order valence-corrected chi connectivity index (χ0v) is 18.8. The van der Waals surface area contributed by atoms with E-state index in [-0.39, 0.29) is 37.2 Å². The number of hydrogen-bond donors (Lipinski definition) is 1. The second-order valence-corrected chi connectivity index (χ2v) is 8.76. The summed E-state index contributed by atoms with van der Waals surface area (Å²) in [5.74, 6) is 1.92. The molecule has 0 unspecified atom stereocenters. The van der Waals surface area contributed by atoms with Gasteiger partial charge < -0.3 is 28.3 Å². The highest BCUT2D eigenvalue weighted by atomic mass is 31.2. The third-order valence-corrected chi connectivity index (χ3v) is 6.61. The van der Waals surface area contributed by atoms with Gasteiger partial charge in [-0.05, 0) is 43.2 Å². The normalized spacial score (nSPS) is 13.1. The Morgan fingerprint density at radius 1 is 1.03 bits per heavy atom. The van der Waals surface area contributed by atoms with Crippen LogP contribution in [0, 0.1) is 0 Å². The van der Waals surface area contributed by atoms with E-state index in [1.54, 1.807) is 19.9 Å². The Morgan fingerprint density at radius 2 is 1.78 bits per heavy atom. The predicted octanol–water partition coefficient (Wildman–Crippen LogP) is 5.08. The summed E-state index contributed by atoms with van der Waals surface area (Å²) in [4.78, 5) is 4.43. The van der Waals surface area contributed by atoms with Crippen LogP contribution in [0.15, 0.2) is 52.9 Å². The number of hydrogen-bond acceptors (Lipinski definition) is 8. The number of ether oxygens (including phenoxy) is 2. The fourth-order valence-corrected chi connectivity index (χ4v) is 4.76. The van der Waals surface area contributed by atoms with E-state index in [2.05, 4.69) is 10.3 Å². The third-order valence-electron chi connectivity index (χ3n) is 4.59. The van der Waals surface area contributed by atoms with Gasteiger partial charge in [-0.2, -0.15) is 4.98 Å². The van der Waals surface area contributed by atoms with Crippen LogP contribution in [-0.2, 0) is 20.2 Å². The first-order valence-electron chi connectivity index (χ1n) is 10.4. The molecule has 168 valence electrons. The lowest BCUT2D eigenvalue weighted by Crippen LogP contribution is -2.16. The minimum absolute atomic E-state index is 0.120. The standard InChI is InChI=1S/C23H25N2O6P/c1-3-29-32(26,30-4-2)23-22(24-15-18-10-12-19-20(14-18)28-16-27-19)31-21(25-23)13-11-17-8-6-5-7-9-17/h5-14,24H,3-4,15-16H2,1-2H3/b13-11+. The molecule has 0 amide bonds. The molecule has 0 saturated heterocycles. The maximum absolute atomic E-state index is 13.4. The topological polar surface area (TPSA) is 92.1 Å². The van der Waals surface area contributed by atoms with E-state index >= 15 is 0 Å². The largest absolute Gasteiger partial charge is 0.454 e. The minimum atomic E-state index is -3.66. The van der Waals surface area contributed by atoms with E-state index < -0.39 is 7.60 Å². The summed E-state index contributed by atoms with van der Waals surface area (Å²) in [6.07, 6.45) is 3.58. The highest BCUT2D eigenvalue weighted by molar-refractivity contribution is 7.62. The Morgan fingerprint density at radius 3 is 2.53 bits per heavy atom. The molecular weight excluding hydrogens is 431 g/mol. The monoisotopic (exact) mass is 456 g/mol. The molecule has 4 rings (SSSR count). The Kier molecular flexibility index (Phi) is 6.95. The van der Waals surface area contributed by atoms with Crippen molar-refractivity contribution in [3.8, 4) is 11.5 Å². The van der Waals surface area contributed by atoms with Gasteiger partial charge >= 0.3 is 7.60 Å². The number of anilines is 1. The highest BCUT2D eigenvalue weighted by Gasteiger charge is 2.35. The molecule has 1 aliphatic rings. The molecule has 0 bridgehead atoms. The van der Waals surface area contributed by atoms with Gasteiger partial charge in [0.1, 0.15) is 0 Å². The van der Waals surface area contributed by atoms with Gasteiger partial charge in [-0.1, -0.05) is 36.4 Å². The maximum Gasteiger partial charge on any atom is 0.385 e. The predicted molar refractivity (Wildman–Crippen MR) is 122 cm³/mol. The molecule has 0 fully saturated rings. The lowest BCUT2D eigenvalue weighted by atomic mass is 10.2. The average Bonchev–Trinajstić information content (AvgIpc) is 3.44. The van der Waals surface area contributed by atoms with Crippen LogP contribution in [0.3, 0.4) is 0 Å². The van der Waals surface area contributed by atoms with Gasteiger partial charge in [0, 0.05) is 12.6 Å². The van der Waals surface area contributed by atoms with Crippen molar-refractivity contribution in [2.75, 3.05) is 25.3 Å². The molecule has 2 heterocycles. The van der Waals surface area contributed by atoms with E-state index in [4.69, 9.17) is 22.9 Å². The van der Waals surface area contributed by atoms with E-state index in [0.29, 0.717) is 18.0 Å². The van der Waals surface area contributed by atoms with Gasteiger partial charge in [0.25, 0.3) is 0 Å². The number of fused-ring (bicyclic) bond motifs is 1. The number of oxazole rings is 1. The van der Waals surface area contributed by atoms with Gasteiger partial charge in [-0.3, -0.25) is 4.57 Å². The lowest BCUT2D eigenvalue weighted by Gasteiger charge is -2.15. The van der Waals surface area contributed by atoms with Crippen LogP contribution < -0.4 is 20.2 Å². The molecule has 9 heteroatoms. The number of nitrogens with one attached hydrogen (secondary N) is 1. The van der Waals surface area contributed by atoms with Crippen molar-refractivity contribution >= 4 is 31.1 Å². The van der Waals surface area contributed by atoms with E-state index in [9.17, 15) is 4.57 Å². The van der Waals surface area contributed by atoms with E-state index in [1.165, 1.54) is 0 Å². The van der Waals surface area contributed by atoms with Crippen molar-refractivity contribution in [3.63, 3.8) is 0 Å². The van der Waals surface area contributed by atoms with E-state index in [0.717, 1.165) is 11.1 Å². The number of aromatic nitrogens is 1. The Labute approximate surface area is 186 Å². The molecule has 0 spiro atoms. The molecule has 1 N–H and O–H groups in total. The molecule has 32 heavy (non-hydrogen) atoms. The van der Waals surface area contributed by atoms with Crippen molar-refractivity contribution in [3.05, 3.63) is 65.5 Å². The molecule has 0 atom stereocenters. The summed E-state index contributed by atoms with van der Waals surface area (Å²) >= 11 is 0. The fraction of sp³-hybridized carbons (Fsp3) is 0.261. The van der Waals surface area contributed by atoms with Crippen LogP contribution >= 0.6 is 7.60 Å². The van der Waals surface area contributed by atoms with Crippen molar-refractivity contribution in [2.24, 2.45) is 0 Å². The summed E-state index contributed by atoms with van der Waals surface area (Å²) < 4.78 is 41.1. The molecule has 1 aromatic heterocycles. The van der Waals surface area contributed by atoms with Gasteiger partial charge in [0.15, 0.2) is 11.5 Å². The van der Waals surface area contributed by atoms with Crippen LogP contribution in [0.2, 0.25) is 0 Å². The van der Waals surface area contributed by atoms with Crippen molar-refractivity contribution < 1.29 is 27.5 Å². The first kappa shape index (κ1) is 22.1. The van der Waals surface area contributed by atoms with Crippen LogP contribution in [-0.4, -0.2) is 25.0 Å². The summed E-state index contributed by atoms with van der Waals surface area (Å²) in [7, 11) is -3.66. The van der Waals surface area contributed by atoms with E-state index in [1.807, 2.05) is 54.6 Å². The Hall–Kier alpha value is -3.06. The van der Waals surface area contributed by atoms with Gasteiger partial charge in [0.05, 0.1) is 13.2 Å². The summed E-state index contributed by atoms with van der Waals surface area (Å²) in [6.45, 7) is 4.52. The van der Waals surface area contributed by atoms with Gasteiger partial charge in [-0.15, -0.1) is 0 Å². The lowest BCUT2D eigenvalue weighted by molar-refractivity contribution is 0.174. The van der Waals surface area contributed by atoms with Crippen LogP contribution in [0.25, 0.3) is 12.2 Å². The maximum atomic E-state index is 13.4. The number of nitrogens with zero attached hydrogens (tertiary/aromatic N) is 1. The number of rotatable bonds is 10. The first-order valence-corrected chi connectivity index (χ1v) is 11.9. The Balaban J connectivity index is 1.61. The molecule has 0 aliphatic carbocycles. The molecule has 0 radical (unpaired) electrons. The summed E-state index contributed by atoms with van der Waals surface area (Å²) in [6, 6.07) is 15.4. The summed E-state index contributed by atoms with van der Waals surface area (Å²) in [5.41, 5.74) is 2.04. The molecule has 1 aliphatic heterocycles. The third kappa shape index (κ3) is 5.05. The second kappa shape index (κ2) is 10.0. The quantitative estimate of drug-likeness (QED) is 0.423. The van der Waals surface area contributed by atoms with Crippen molar-refractivity contribution in [1.29, 1.82) is 0 Å². The summed E-state index contributed by atoms with van der Waals surface area (Å²) in [5, 5.41) is 3.17. The zero-order valence-electron chi connectivity index (χ0n) is 17.9. The smallest absolute Gasteiger partial charge is 0.385 e. The SMILES string of the molecule is CCOP(=O)(OCC)c1nc(/C=C/c2ccccc2)oc1NCc1ccc2c(c1)OCO2. The molecule has 3 aromatic rings. The zero-order chi connectivity index (χ0) is 22.4. The van der Waals surface area contributed by atoms with Crippen molar-refractivity contribution in [2.45, 2.75) is 20.4 Å². The van der Waals surface area contributed by atoms with Crippen LogP contribution in [0.5, 0.6) is 11.5 Å². The fourth-order valence-electron chi connectivity index (χ4n) is 3.16. The van der Waals surface area contributed by atoms with Gasteiger partial charge in [-0.25, -0.2) is 0 Å². The second-order valence-electron chi connectivity index (χ2n) is 6.82.